The summed E-state index contributed by atoms with van der Waals surface area (Å²) in [6.45, 7) is 0. The molecule has 1 N–H and O–H groups in total. The third-order valence-electron chi connectivity index (χ3n) is 2.13. The lowest BCUT2D eigenvalue weighted by Crippen LogP contribution is -2.53. The van der Waals surface area contributed by atoms with Crippen molar-refractivity contribution in [3.05, 3.63) is 0 Å². The van der Waals surface area contributed by atoms with Crippen LogP contribution in [0.5, 0.6) is 0 Å². The minimum absolute atomic E-state index is 0.493. The summed E-state index contributed by atoms with van der Waals surface area (Å²) in [6, 6.07) is 0. The molecule has 1 heterocycles. The van der Waals surface area contributed by atoms with E-state index >= 15 is 0 Å². The van der Waals surface area contributed by atoms with Crippen LogP contribution in [0.3, 0.4) is 0 Å². The van der Waals surface area contributed by atoms with Crippen molar-refractivity contribution in [2.24, 2.45) is 0 Å². The van der Waals surface area contributed by atoms with E-state index in [0.717, 1.165) is 0 Å². The Bertz CT molecular complexity index is 386. The number of halogens is 9. The number of alkyl halides is 9. The van der Waals surface area contributed by atoms with Crippen LogP contribution in [0.15, 0.2) is 0 Å². The van der Waals surface area contributed by atoms with Gasteiger partial charge < -0.3 is 9.84 Å². The first-order chi connectivity index (χ1) is 8.67. The topological polar surface area (TPSA) is 49.8 Å². The summed E-state index contributed by atoms with van der Waals surface area (Å²) in [5.74, 6) is -1.01. The molecule has 1 saturated heterocycles. The van der Waals surface area contributed by atoms with Crippen LogP contribution in [0.25, 0.3) is 0 Å². The molecule has 1 amide bonds. The smallest absolute Gasteiger partial charge is 0.260 e. The van der Waals surface area contributed by atoms with Gasteiger partial charge in [0, 0.05) is 0 Å². The molecule has 4 nitrogen and oxygen atoms in total. The van der Waals surface area contributed by atoms with Gasteiger partial charge in [0.25, 0.3) is 5.91 Å². The number of rotatable bonds is 1. The van der Waals surface area contributed by atoms with Crippen LogP contribution in [0.1, 0.15) is 0 Å². The normalized spacial score (nSPS) is 27.1. The molecule has 1 rings (SSSR count). The molecule has 0 aliphatic carbocycles. The zero-order valence-electron chi connectivity index (χ0n) is 8.84. The lowest BCUT2D eigenvalue weighted by atomic mass is 10.3. The summed E-state index contributed by atoms with van der Waals surface area (Å²) in [6.07, 6.45) is -5.25. The average Bonchev–Trinajstić information content (AvgIpc) is 2.51. The van der Waals surface area contributed by atoms with E-state index in [0.29, 0.717) is 4.90 Å². The van der Waals surface area contributed by atoms with Crippen molar-refractivity contribution in [3.63, 3.8) is 0 Å². The number of hydrogen-bond donors (Lipinski definition) is 1. The fourth-order valence-electron chi connectivity index (χ4n) is 1.36. The quantitative estimate of drug-likeness (QED) is 0.592. The van der Waals surface area contributed by atoms with Gasteiger partial charge in [0.2, 0.25) is 11.4 Å². The Balaban J connectivity index is 3.20. The molecule has 0 spiro atoms. The number of carbonyl (C=O) groups excluding carboxylic acids is 1. The van der Waals surface area contributed by atoms with Crippen LogP contribution in [-0.2, 0) is 9.53 Å². The van der Waals surface area contributed by atoms with E-state index in [4.69, 9.17) is 109 Å². The second-order valence-corrected chi connectivity index (χ2v) is 10.7. The molecule has 0 unspecified atom stereocenters. The zero-order valence-corrected chi connectivity index (χ0v) is 15.6. The molecule has 118 valence electrons. The van der Waals surface area contributed by atoms with Gasteiger partial charge in [-0.3, -0.25) is 9.69 Å². The van der Waals surface area contributed by atoms with E-state index in [1.54, 1.807) is 0 Å². The monoisotopic (exact) mass is 465 g/mol. The zero-order chi connectivity index (χ0) is 16.1. The molecule has 0 radical (unpaired) electrons. The molecule has 0 aromatic rings. The predicted molar refractivity (Wildman–Crippen MR) is 82.4 cm³/mol. The summed E-state index contributed by atoms with van der Waals surface area (Å²) in [4.78, 5) is 12.6. The highest BCUT2D eigenvalue weighted by molar-refractivity contribution is 6.70. The molecular weight excluding hydrogens is 465 g/mol. The Kier molecular flexibility index (Phi) is 6.50. The minimum Gasteiger partial charge on any atom is -0.369 e. The summed E-state index contributed by atoms with van der Waals surface area (Å²) in [7, 11) is 0. The number of aliphatic hydroxyl groups is 1. The van der Waals surface area contributed by atoms with E-state index < -0.39 is 35.8 Å². The van der Waals surface area contributed by atoms with Crippen molar-refractivity contribution >= 4 is 110 Å². The van der Waals surface area contributed by atoms with Crippen LogP contribution in [0.4, 0.5) is 0 Å². The standard InChI is InChI=1S/C7H4Cl9NO3/c8-5(9,10)1-2(18)17(3(19)6(11,12)13)4(20-1)7(14,15)16/h1,3-4,19H/t1-,3-,4-/m1/s1. The molecule has 1 aliphatic rings. The number of ether oxygens (including phenoxy) is 1. The summed E-state index contributed by atoms with van der Waals surface area (Å²) in [5.41, 5.74) is 0. The number of nitrogens with zero attached hydrogens (tertiary/aromatic N) is 1. The highest BCUT2D eigenvalue weighted by Gasteiger charge is 2.60. The van der Waals surface area contributed by atoms with E-state index in [2.05, 4.69) is 0 Å². The van der Waals surface area contributed by atoms with Crippen molar-refractivity contribution in [1.29, 1.82) is 0 Å². The van der Waals surface area contributed by atoms with E-state index in [-0.39, 0.29) is 0 Å². The maximum Gasteiger partial charge on any atom is 0.260 e. The number of aliphatic hydroxyl groups excluding tert-OH is 1. The Hall–Kier alpha value is 2.00. The Morgan fingerprint density at radius 2 is 1.45 bits per heavy atom. The van der Waals surface area contributed by atoms with Gasteiger partial charge >= 0.3 is 0 Å². The maximum absolute atomic E-state index is 12.1. The third kappa shape index (κ3) is 4.51. The molecule has 13 heteroatoms. The fourth-order valence-corrected chi connectivity index (χ4v) is 2.58. The number of carbonyl (C=O) groups is 1. The maximum atomic E-state index is 12.1. The predicted octanol–water partition coefficient (Wildman–Crippen LogP) is 3.97. The van der Waals surface area contributed by atoms with E-state index in [1.807, 2.05) is 0 Å². The van der Waals surface area contributed by atoms with Crippen LogP contribution >= 0.6 is 104 Å². The lowest BCUT2D eigenvalue weighted by molar-refractivity contribution is -0.140. The van der Waals surface area contributed by atoms with Crippen LogP contribution in [0, 0.1) is 0 Å². The van der Waals surface area contributed by atoms with Gasteiger partial charge in [-0.15, -0.1) is 0 Å². The molecule has 0 bridgehead atoms. The number of hydrogen-bond acceptors (Lipinski definition) is 3. The second-order valence-electron chi connectivity index (χ2n) is 3.61. The number of amides is 1. The SMILES string of the molecule is O=C1[C@H](C(Cl)(Cl)Cl)O[C@H](C(Cl)(Cl)Cl)N1[C@H](O)C(Cl)(Cl)Cl. The Morgan fingerprint density at radius 1 is 1.00 bits per heavy atom. The molecular formula is C7H4Cl9NO3. The Labute approximate surface area is 158 Å². The van der Waals surface area contributed by atoms with Crippen molar-refractivity contribution in [2.75, 3.05) is 0 Å². The van der Waals surface area contributed by atoms with Gasteiger partial charge in [0.05, 0.1) is 0 Å². The van der Waals surface area contributed by atoms with Crippen LogP contribution in [-0.4, -0.2) is 45.9 Å². The largest absolute Gasteiger partial charge is 0.369 e. The van der Waals surface area contributed by atoms with Gasteiger partial charge in [0.15, 0.2) is 18.6 Å². The van der Waals surface area contributed by atoms with Gasteiger partial charge in [-0.05, 0) is 0 Å². The van der Waals surface area contributed by atoms with Gasteiger partial charge in [-0.25, -0.2) is 0 Å². The molecule has 20 heavy (non-hydrogen) atoms. The third-order valence-corrected chi connectivity index (χ3v) is 3.87. The van der Waals surface area contributed by atoms with Crippen LogP contribution < -0.4 is 0 Å². The summed E-state index contributed by atoms with van der Waals surface area (Å²) in [5, 5.41) is 9.90. The fraction of sp³-hybridized carbons (Fsp3) is 0.857. The molecule has 0 saturated carbocycles. The van der Waals surface area contributed by atoms with Crippen molar-refractivity contribution in [1.82, 2.24) is 4.90 Å². The molecule has 0 aromatic heterocycles. The van der Waals surface area contributed by atoms with Gasteiger partial charge in [-0.2, -0.15) is 0 Å². The first kappa shape index (κ1) is 20.0. The first-order valence-electron chi connectivity index (χ1n) is 4.53. The minimum atomic E-state index is -2.30. The summed E-state index contributed by atoms with van der Waals surface area (Å²) < 4.78 is -1.57. The lowest BCUT2D eigenvalue weighted by Gasteiger charge is -2.34. The van der Waals surface area contributed by atoms with Crippen molar-refractivity contribution in [2.45, 2.75) is 29.9 Å². The second kappa shape index (κ2) is 6.48. The van der Waals surface area contributed by atoms with Crippen molar-refractivity contribution in [3.8, 4) is 0 Å². The molecule has 3 atom stereocenters. The van der Waals surface area contributed by atoms with E-state index in [9.17, 15) is 9.90 Å². The van der Waals surface area contributed by atoms with Crippen molar-refractivity contribution < 1.29 is 14.6 Å². The van der Waals surface area contributed by atoms with Crippen LogP contribution in [0.2, 0.25) is 0 Å². The average molecular weight is 469 g/mol. The summed E-state index contributed by atoms with van der Waals surface area (Å²) >= 11 is 50.2. The molecule has 0 aromatic carbocycles. The van der Waals surface area contributed by atoms with Gasteiger partial charge in [0.1, 0.15) is 0 Å². The van der Waals surface area contributed by atoms with Gasteiger partial charge in [-0.1, -0.05) is 104 Å². The highest BCUT2D eigenvalue weighted by Crippen LogP contribution is 2.47. The van der Waals surface area contributed by atoms with E-state index in [1.165, 1.54) is 0 Å². The highest BCUT2D eigenvalue weighted by atomic mass is 35.6. The molecule has 1 aliphatic heterocycles. The Morgan fingerprint density at radius 3 is 1.75 bits per heavy atom. The molecule has 1 fully saturated rings. The first-order valence-corrected chi connectivity index (χ1v) is 7.93.